The third-order valence-corrected chi connectivity index (χ3v) is 6.32. The van der Waals surface area contributed by atoms with Crippen molar-refractivity contribution in [1.82, 2.24) is 9.80 Å². The lowest BCUT2D eigenvalue weighted by atomic mass is 9.68. The Hall–Kier alpha value is -1.88. The van der Waals surface area contributed by atoms with Gasteiger partial charge in [0.25, 0.3) is 11.8 Å². The van der Waals surface area contributed by atoms with Crippen molar-refractivity contribution in [3.05, 3.63) is 35.9 Å². The minimum absolute atomic E-state index is 0.0707. The van der Waals surface area contributed by atoms with Crippen molar-refractivity contribution in [3.63, 3.8) is 0 Å². The predicted octanol–water partition coefficient (Wildman–Crippen LogP) is 2.20. The summed E-state index contributed by atoms with van der Waals surface area (Å²) in [5.74, 6) is -0.0314. The molecule has 5 nitrogen and oxygen atoms in total. The van der Waals surface area contributed by atoms with Crippen molar-refractivity contribution in [1.29, 1.82) is 0 Å². The average molecular weight is 342 g/mol. The summed E-state index contributed by atoms with van der Waals surface area (Å²) in [4.78, 5) is 28.8. The molecule has 0 radical (unpaired) electrons. The zero-order chi connectivity index (χ0) is 17.4. The van der Waals surface area contributed by atoms with E-state index in [1.54, 1.807) is 0 Å². The maximum absolute atomic E-state index is 12.6. The van der Waals surface area contributed by atoms with Crippen molar-refractivity contribution >= 4 is 11.8 Å². The van der Waals surface area contributed by atoms with Gasteiger partial charge in [-0.1, -0.05) is 37.5 Å². The second-order valence-corrected chi connectivity index (χ2v) is 7.66. The lowest BCUT2D eigenvalue weighted by Gasteiger charge is -2.61. The number of amides is 2. The molecule has 1 aromatic carbocycles. The van der Waals surface area contributed by atoms with E-state index in [4.69, 9.17) is 0 Å². The van der Waals surface area contributed by atoms with Gasteiger partial charge in [-0.2, -0.15) is 0 Å². The number of piperidine rings is 1. The van der Waals surface area contributed by atoms with Gasteiger partial charge in [0.15, 0.2) is 6.10 Å². The molecule has 1 saturated carbocycles. The molecule has 1 spiro atoms. The van der Waals surface area contributed by atoms with E-state index >= 15 is 0 Å². The number of hydrogen-bond donors (Lipinski definition) is 1. The fraction of sp³-hybridized carbons (Fsp3) is 0.600. The second kappa shape index (κ2) is 6.45. The molecular weight excluding hydrogens is 316 g/mol. The highest BCUT2D eigenvalue weighted by Gasteiger charge is 2.61. The van der Waals surface area contributed by atoms with Crippen molar-refractivity contribution < 1.29 is 14.7 Å². The van der Waals surface area contributed by atoms with E-state index in [1.807, 2.05) is 40.1 Å². The standard InChI is InChI=1S/C20H26N2O3/c23-17-19(25)22(20(17)11-5-2-6-12-20)16-9-13-21(14-10-16)18(24)15-7-3-1-4-8-15/h1,3-4,7-8,16-17,23H,2,5-6,9-14H2. The number of rotatable bonds is 2. The molecular formula is C20H26N2O3. The third-order valence-electron chi connectivity index (χ3n) is 6.32. The van der Waals surface area contributed by atoms with Crippen LogP contribution in [-0.2, 0) is 4.79 Å². The SMILES string of the molecule is O=C(c1ccccc1)N1CCC(N2C(=O)C(O)C23CCCCC3)CC1. The molecule has 2 amide bonds. The van der Waals surface area contributed by atoms with E-state index in [2.05, 4.69) is 0 Å². The highest BCUT2D eigenvalue weighted by Crippen LogP contribution is 2.46. The highest BCUT2D eigenvalue weighted by molar-refractivity contribution is 5.94. The molecule has 0 bridgehead atoms. The molecule has 1 atom stereocenters. The van der Waals surface area contributed by atoms with E-state index in [-0.39, 0.29) is 23.4 Å². The van der Waals surface area contributed by atoms with Crippen LogP contribution in [0, 0.1) is 0 Å². The maximum atomic E-state index is 12.6. The molecule has 2 saturated heterocycles. The molecule has 2 aliphatic heterocycles. The lowest BCUT2D eigenvalue weighted by molar-refractivity contribution is -0.200. The largest absolute Gasteiger partial charge is 0.381 e. The molecule has 134 valence electrons. The fourth-order valence-corrected chi connectivity index (χ4v) is 4.96. The summed E-state index contributed by atoms with van der Waals surface area (Å²) < 4.78 is 0. The number of aliphatic hydroxyl groups excluding tert-OH is 1. The predicted molar refractivity (Wildman–Crippen MR) is 94.0 cm³/mol. The van der Waals surface area contributed by atoms with Crippen LogP contribution in [0.1, 0.15) is 55.3 Å². The van der Waals surface area contributed by atoms with Crippen molar-refractivity contribution in [2.45, 2.75) is 62.6 Å². The molecule has 5 heteroatoms. The first-order chi connectivity index (χ1) is 12.1. The summed E-state index contributed by atoms with van der Waals surface area (Å²) in [6, 6.07) is 9.53. The summed E-state index contributed by atoms with van der Waals surface area (Å²) in [6.45, 7) is 1.35. The number of carbonyl (C=O) groups excluding carboxylic acids is 2. The second-order valence-electron chi connectivity index (χ2n) is 7.66. The van der Waals surface area contributed by atoms with Crippen molar-refractivity contribution in [3.8, 4) is 0 Å². The number of aliphatic hydroxyl groups is 1. The summed E-state index contributed by atoms with van der Waals surface area (Å²) in [5.41, 5.74) is 0.408. The quantitative estimate of drug-likeness (QED) is 0.838. The Labute approximate surface area is 148 Å². The van der Waals surface area contributed by atoms with Crippen LogP contribution < -0.4 is 0 Å². The first kappa shape index (κ1) is 16.6. The summed E-state index contributed by atoms with van der Waals surface area (Å²) in [7, 11) is 0. The van der Waals surface area contributed by atoms with E-state index in [0.29, 0.717) is 13.1 Å². The van der Waals surface area contributed by atoms with Crippen LogP contribution in [0.3, 0.4) is 0 Å². The van der Waals surface area contributed by atoms with E-state index in [9.17, 15) is 14.7 Å². The summed E-state index contributed by atoms with van der Waals surface area (Å²) >= 11 is 0. The Morgan fingerprint density at radius 1 is 1.04 bits per heavy atom. The van der Waals surface area contributed by atoms with Gasteiger partial charge in [0.2, 0.25) is 0 Å². The van der Waals surface area contributed by atoms with E-state index in [1.165, 1.54) is 6.42 Å². The van der Waals surface area contributed by atoms with Gasteiger partial charge in [-0.3, -0.25) is 9.59 Å². The Bertz CT molecular complexity index is 646. The lowest BCUT2D eigenvalue weighted by Crippen LogP contribution is -2.77. The molecule has 1 unspecified atom stereocenters. The summed E-state index contributed by atoms with van der Waals surface area (Å²) in [5, 5.41) is 10.3. The van der Waals surface area contributed by atoms with Gasteiger partial charge >= 0.3 is 0 Å². The Balaban J connectivity index is 1.42. The summed E-state index contributed by atoms with van der Waals surface area (Å²) in [6.07, 6.45) is 6.01. The molecule has 3 aliphatic rings. The number of benzene rings is 1. The Morgan fingerprint density at radius 3 is 2.32 bits per heavy atom. The molecule has 0 aromatic heterocycles. The van der Waals surface area contributed by atoms with E-state index in [0.717, 1.165) is 44.1 Å². The van der Waals surface area contributed by atoms with Crippen molar-refractivity contribution in [2.75, 3.05) is 13.1 Å². The zero-order valence-corrected chi connectivity index (χ0v) is 14.6. The smallest absolute Gasteiger partial charge is 0.254 e. The topological polar surface area (TPSA) is 60.9 Å². The van der Waals surface area contributed by atoms with Gasteiger partial charge in [0.05, 0.1) is 5.54 Å². The number of nitrogens with zero attached hydrogens (tertiary/aromatic N) is 2. The zero-order valence-electron chi connectivity index (χ0n) is 14.6. The van der Waals surface area contributed by atoms with Crippen LogP contribution in [0.4, 0.5) is 0 Å². The van der Waals surface area contributed by atoms with Gasteiger partial charge in [-0.25, -0.2) is 0 Å². The van der Waals surface area contributed by atoms with E-state index < -0.39 is 6.10 Å². The minimum atomic E-state index is -0.809. The van der Waals surface area contributed by atoms with Gasteiger partial charge in [-0.05, 0) is 37.8 Å². The van der Waals surface area contributed by atoms with Crippen molar-refractivity contribution in [2.24, 2.45) is 0 Å². The van der Waals surface area contributed by atoms with Crippen LogP contribution in [0.2, 0.25) is 0 Å². The van der Waals surface area contributed by atoms with Crippen LogP contribution in [-0.4, -0.2) is 57.5 Å². The molecule has 1 aliphatic carbocycles. The first-order valence-corrected chi connectivity index (χ1v) is 9.49. The molecule has 3 fully saturated rings. The number of β-lactam (4-membered cyclic amide) rings is 1. The molecule has 4 rings (SSSR count). The Morgan fingerprint density at radius 2 is 1.68 bits per heavy atom. The van der Waals surface area contributed by atoms with Crippen LogP contribution in [0.15, 0.2) is 30.3 Å². The number of carbonyl (C=O) groups is 2. The number of likely N-dealkylation sites (tertiary alicyclic amines) is 2. The van der Waals surface area contributed by atoms with Crippen LogP contribution in [0.25, 0.3) is 0 Å². The minimum Gasteiger partial charge on any atom is -0.381 e. The molecule has 1 N–H and O–H groups in total. The monoisotopic (exact) mass is 342 g/mol. The van der Waals surface area contributed by atoms with Gasteiger partial charge in [0.1, 0.15) is 0 Å². The highest BCUT2D eigenvalue weighted by atomic mass is 16.3. The molecule has 1 aromatic rings. The van der Waals surface area contributed by atoms with Crippen LogP contribution in [0.5, 0.6) is 0 Å². The van der Waals surface area contributed by atoms with Gasteiger partial charge in [0, 0.05) is 24.7 Å². The maximum Gasteiger partial charge on any atom is 0.254 e. The first-order valence-electron chi connectivity index (χ1n) is 9.49. The van der Waals surface area contributed by atoms with Gasteiger partial charge < -0.3 is 14.9 Å². The Kier molecular flexibility index (Phi) is 4.28. The van der Waals surface area contributed by atoms with Crippen LogP contribution >= 0.6 is 0 Å². The number of hydrogen-bond acceptors (Lipinski definition) is 3. The van der Waals surface area contributed by atoms with Gasteiger partial charge in [-0.15, -0.1) is 0 Å². The average Bonchev–Trinajstić information content (AvgIpc) is 2.69. The fourth-order valence-electron chi connectivity index (χ4n) is 4.96. The third kappa shape index (κ3) is 2.65. The molecule has 25 heavy (non-hydrogen) atoms. The molecule has 2 heterocycles. The normalized spacial score (nSPS) is 26.6.